The van der Waals surface area contributed by atoms with Gasteiger partial charge in [-0.15, -0.1) is 13.2 Å². The van der Waals surface area contributed by atoms with Crippen LogP contribution in [0.2, 0.25) is 0 Å². The largest absolute Gasteiger partial charge is 0.508 e. The topological polar surface area (TPSA) is 102 Å². The maximum Gasteiger partial charge on any atom is 0.346 e. The summed E-state index contributed by atoms with van der Waals surface area (Å²) >= 11 is 0. The van der Waals surface area contributed by atoms with Crippen LogP contribution in [0, 0.1) is 11.3 Å². The van der Waals surface area contributed by atoms with Gasteiger partial charge in [-0.3, -0.25) is 0 Å². The van der Waals surface area contributed by atoms with Gasteiger partial charge >= 0.3 is 5.97 Å². The quantitative estimate of drug-likeness (QED) is 0.313. The average Bonchev–Trinajstić information content (AvgIpc) is 2.32. The Hall–Kier alpha value is -2.74. The summed E-state index contributed by atoms with van der Waals surface area (Å²) in [7, 11) is 0. The van der Waals surface area contributed by atoms with Crippen molar-refractivity contribution >= 4 is 12.0 Å². The van der Waals surface area contributed by atoms with Gasteiger partial charge in [-0.2, -0.15) is 5.26 Å². The van der Waals surface area contributed by atoms with E-state index in [4.69, 9.17) is 15.5 Å². The molecule has 0 saturated heterocycles. The summed E-state index contributed by atoms with van der Waals surface area (Å²) < 4.78 is 0. The molecule has 0 unspecified atom stereocenters. The van der Waals surface area contributed by atoms with E-state index in [1.54, 1.807) is 0 Å². The summed E-state index contributed by atoms with van der Waals surface area (Å²) in [6.07, 6.45) is 0.984. The molecular weight excluding hydrogens is 222 g/mol. The zero-order chi connectivity index (χ0) is 13.4. The fourth-order valence-corrected chi connectivity index (χ4v) is 0.955. The minimum atomic E-state index is -1.39. The Morgan fingerprint density at radius 3 is 2.41 bits per heavy atom. The van der Waals surface area contributed by atoms with Crippen LogP contribution in [-0.2, 0) is 4.79 Å². The van der Waals surface area contributed by atoms with Gasteiger partial charge in [-0.25, -0.2) is 4.79 Å². The predicted octanol–water partition coefficient (Wildman–Crippen LogP) is 1.89. The lowest BCUT2D eigenvalue weighted by Crippen LogP contribution is -1.97. The van der Waals surface area contributed by atoms with Crippen LogP contribution in [0.5, 0.6) is 11.5 Å². The highest BCUT2D eigenvalue weighted by Crippen LogP contribution is 2.24. The second-order valence-electron chi connectivity index (χ2n) is 2.72. The molecule has 5 nitrogen and oxygen atoms in total. The van der Waals surface area contributed by atoms with Gasteiger partial charge < -0.3 is 15.3 Å². The molecule has 0 amide bonds. The van der Waals surface area contributed by atoms with E-state index in [-0.39, 0.29) is 17.1 Å². The molecule has 0 fully saturated rings. The van der Waals surface area contributed by atoms with E-state index < -0.39 is 11.5 Å². The maximum absolute atomic E-state index is 10.5. The fourth-order valence-electron chi connectivity index (χ4n) is 0.955. The molecular formula is C12H11NO4. The normalized spacial score (nSPS) is 9.71. The first kappa shape index (κ1) is 14.3. The zero-order valence-electron chi connectivity index (χ0n) is 8.92. The smallest absolute Gasteiger partial charge is 0.346 e. The number of carboxylic acid groups (broad SMARTS) is 1. The number of aromatic hydroxyl groups is 2. The Kier molecular flexibility index (Phi) is 5.61. The van der Waals surface area contributed by atoms with Crippen molar-refractivity contribution in [2.75, 3.05) is 0 Å². The van der Waals surface area contributed by atoms with Gasteiger partial charge in [0.2, 0.25) is 0 Å². The highest BCUT2D eigenvalue weighted by Gasteiger charge is 2.08. The van der Waals surface area contributed by atoms with E-state index in [2.05, 4.69) is 13.2 Å². The third-order valence-electron chi connectivity index (χ3n) is 1.66. The van der Waals surface area contributed by atoms with Crippen LogP contribution in [0.3, 0.4) is 0 Å². The molecule has 1 aromatic carbocycles. The Labute approximate surface area is 98.2 Å². The number of phenols is 2. The molecule has 0 aliphatic rings. The van der Waals surface area contributed by atoms with Gasteiger partial charge in [-0.05, 0) is 24.3 Å². The minimum absolute atomic E-state index is 0.0777. The first-order valence-corrected chi connectivity index (χ1v) is 4.41. The van der Waals surface area contributed by atoms with Crippen LogP contribution in [0.25, 0.3) is 6.08 Å². The van der Waals surface area contributed by atoms with E-state index in [1.165, 1.54) is 18.2 Å². The molecule has 0 radical (unpaired) electrons. The van der Waals surface area contributed by atoms with E-state index >= 15 is 0 Å². The van der Waals surface area contributed by atoms with Crippen molar-refractivity contribution in [1.29, 1.82) is 5.26 Å². The van der Waals surface area contributed by atoms with Crippen molar-refractivity contribution in [3.63, 3.8) is 0 Å². The molecule has 0 atom stereocenters. The molecule has 0 bridgehead atoms. The zero-order valence-corrected chi connectivity index (χ0v) is 8.92. The summed E-state index contributed by atoms with van der Waals surface area (Å²) in [5.41, 5.74) is -0.440. The third-order valence-corrected chi connectivity index (χ3v) is 1.66. The standard InChI is InChI=1S/C10H7NO4.C2H4/c11-5-7(10(14)15)3-6-4-8(12)1-2-9(6)13;1-2/h1-4,12-13H,(H,14,15);1-2H2. The van der Waals surface area contributed by atoms with Crippen LogP contribution < -0.4 is 0 Å². The molecule has 1 aromatic rings. The van der Waals surface area contributed by atoms with Crippen molar-refractivity contribution in [2.45, 2.75) is 0 Å². The van der Waals surface area contributed by atoms with E-state index in [9.17, 15) is 9.90 Å². The molecule has 1 rings (SSSR count). The van der Waals surface area contributed by atoms with Gasteiger partial charge in [0.05, 0.1) is 0 Å². The molecule has 0 aliphatic heterocycles. The van der Waals surface area contributed by atoms with Crippen molar-refractivity contribution in [2.24, 2.45) is 0 Å². The number of nitriles is 1. The summed E-state index contributed by atoms with van der Waals surface area (Å²) in [6.45, 7) is 6.00. The second-order valence-corrected chi connectivity index (χ2v) is 2.72. The lowest BCUT2D eigenvalue weighted by Gasteiger charge is -1.99. The Morgan fingerprint density at radius 1 is 1.35 bits per heavy atom. The van der Waals surface area contributed by atoms with Crippen molar-refractivity contribution in [1.82, 2.24) is 0 Å². The summed E-state index contributed by atoms with van der Waals surface area (Å²) in [5, 5.41) is 35.4. The monoisotopic (exact) mass is 233 g/mol. The van der Waals surface area contributed by atoms with E-state index in [1.807, 2.05) is 0 Å². The Bertz CT molecular complexity index is 486. The number of benzene rings is 1. The molecule has 3 N–H and O–H groups in total. The number of phenolic OH excluding ortho intramolecular Hbond substituents is 2. The minimum Gasteiger partial charge on any atom is -0.508 e. The number of rotatable bonds is 2. The number of hydrogen-bond acceptors (Lipinski definition) is 4. The predicted molar refractivity (Wildman–Crippen MR) is 62.3 cm³/mol. The maximum atomic E-state index is 10.5. The summed E-state index contributed by atoms with van der Waals surface area (Å²) in [4.78, 5) is 10.5. The highest BCUT2D eigenvalue weighted by atomic mass is 16.4. The van der Waals surface area contributed by atoms with Crippen LogP contribution in [0.4, 0.5) is 0 Å². The first-order chi connectivity index (χ1) is 8.04. The molecule has 0 saturated carbocycles. The number of carbonyl (C=O) groups is 1. The fraction of sp³-hybridized carbons (Fsp3) is 0. The molecule has 0 heterocycles. The number of hydrogen-bond donors (Lipinski definition) is 3. The van der Waals surface area contributed by atoms with Crippen LogP contribution >= 0.6 is 0 Å². The van der Waals surface area contributed by atoms with Crippen molar-refractivity contribution in [3.8, 4) is 17.6 Å². The van der Waals surface area contributed by atoms with Gasteiger partial charge in [0.25, 0.3) is 0 Å². The number of carboxylic acids is 1. The second kappa shape index (κ2) is 6.69. The third kappa shape index (κ3) is 4.10. The van der Waals surface area contributed by atoms with Crippen LogP contribution in [0.1, 0.15) is 5.56 Å². The Balaban J connectivity index is 0.00000121. The lowest BCUT2D eigenvalue weighted by atomic mass is 10.1. The molecule has 17 heavy (non-hydrogen) atoms. The lowest BCUT2D eigenvalue weighted by molar-refractivity contribution is -0.132. The number of aliphatic carboxylic acids is 1. The van der Waals surface area contributed by atoms with Crippen molar-refractivity contribution in [3.05, 3.63) is 42.5 Å². The van der Waals surface area contributed by atoms with Crippen molar-refractivity contribution < 1.29 is 20.1 Å². The molecule has 88 valence electrons. The van der Waals surface area contributed by atoms with Gasteiger partial charge in [0.15, 0.2) is 0 Å². The van der Waals surface area contributed by atoms with Gasteiger partial charge in [0, 0.05) is 5.56 Å². The van der Waals surface area contributed by atoms with Crippen LogP contribution in [0.15, 0.2) is 36.9 Å². The summed E-state index contributed by atoms with van der Waals surface area (Å²) in [6, 6.07) is 5.08. The molecule has 0 aliphatic carbocycles. The average molecular weight is 233 g/mol. The van der Waals surface area contributed by atoms with E-state index in [0.717, 1.165) is 12.1 Å². The van der Waals surface area contributed by atoms with Gasteiger partial charge in [0.1, 0.15) is 23.1 Å². The molecule has 0 spiro atoms. The number of nitrogens with zero attached hydrogens (tertiary/aromatic N) is 1. The molecule has 5 heteroatoms. The SMILES string of the molecule is C=C.N#CC(=Cc1cc(O)ccc1O)C(=O)O. The van der Waals surface area contributed by atoms with Crippen LogP contribution in [-0.4, -0.2) is 21.3 Å². The molecule has 0 aromatic heterocycles. The van der Waals surface area contributed by atoms with Gasteiger partial charge in [-0.1, -0.05) is 0 Å². The van der Waals surface area contributed by atoms with E-state index in [0.29, 0.717) is 0 Å². The highest BCUT2D eigenvalue weighted by molar-refractivity contribution is 5.96. The Morgan fingerprint density at radius 2 is 1.94 bits per heavy atom. The summed E-state index contributed by atoms with van der Waals surface area (Å²) in [5.74, 6) is -1.72. The first-order valence-electron chi connectivity index (χ1n) is 4.41.